The summed E-state index contributed by atoms with van der Waals surface area (Å²) < 4.78 is 2.46. The molecule has 2 heteroatoms. The molecule has 8 aromatic rings. The Balaban J connectivity index is 1.37. The van der Waals surface area contributed by atoms with Crippen molar-refractivity contribution in [3.8, 4) is 27.9 Å². The summed E-state index contributed by atoms with van der Waals surface area (Å²) in [6.07, 6.45) is 0. The molecule has 0 unspecified atom stereocenters. The summed E-state index contributed by atoms with van der Waals surface area (Å²) in [6, 6.07) is 51.3. The first-order chi connectivity index (χ1) is 19.8. The van der Waals surface area contributed by atoms with Crippen LogP contribution in [0, 0.1) is 0 Å². The van der Waals surface area contributed by atoms with Crippen LogP contribution in [0.15, 0.2) is 149 Å². The molecule has 0 bridgehead atoms. The molecule has 1 aliphatic rings. The second-order valence-corrected chi connectivity index (χ2v) is 11.6. The molecule has 9 rings (SSSR count). The molecule has 1 aromatic heterocycles. The highest BCUT2D eigenvalue weighted by Crippen LogP contribution is 2.49. The summed E-state index contributed by atoms with van der Waals surface area (Å²) in [4.78, 5) is 2.66. The fraction of sp³-hybridized carbons (Fsp3) is 0. The third-order valence-corrected chi connectivity index (χ3v) is 9.47. The number of rotatable bonds is 2. The van der Waals surface area contributed by atoms with Crippen LogP contribution in [0.3, 0.4) is 0 Å². The third-order valence-electron chi connectivity index (χ3n) is 8.34. The molecule has 186 valence electrons. The Morgan fingerprint density at radius 2 is 1.18 bits per heavy atom. The van der Waals surface area contributed by atoms with E-state index >= 15 is 0 Å². The molecule has 0 radical (unpaired) electrons. The Labute approximate surface area is 236 Å². The van der Waals surface area contributed by atoms with Crippen molar-refractivity contribution in [2.24, 2.45) is 0 Å². The minimum atomic E-state index is 1.18. The molecule has 40 heavy (non-hydrogen) atoms. The minimum absolute atomic E-state index is 1.18. The monoisotopic (exact) mass is 525 g/mol. The number of hydrogen-bond donors (Lipinski definition) is 0. The van der Waals surface area contributed by atoms with Crippen molar-refractivity contribution >= 4 is 55.1 Å². The van der Waals surface area contributed by atoms with Gasteiger partial charge in [-0.05, 0) is 75.3 Å². The van der Waals surface area contributed by atoms with Crippen LogP contribution in [0.5, 0.6) is 0 Å². The van der Waals surface area contributed by atoms with Crippen LogP contribution in [-0.4, -0.2) is 4.57 Å². The molecule has 0 fully saturated rings. The second-order valence-electron chi connectivity index (χ2n) is 10.6. The molecule has 2 heterocycles. The predicted molar refractivity (Wildman–Crippen MR) is 171 cm³/mol. The molecular weight excluding hydrogens is 502 g/mol. The first-order valence-electron chi connectivity index (χ1n) is 13.7. The Morgan fingerprint density at radius 1 is 0.450 bits per heavy atom. The highest BCUT2D eigenvalue weighted by atomic mass is 32.2. The molecule has 0 N–H and O–H groups in total. The van der Waals surface area contributed by atoms with E-state index < -0.39 is 0 Å². The number of fused-ring (bicyclic) bond motifs is 6. The fourth-order valence-corrected chi connectivity index (χ4v) is 7.69. The van der Waals surface area contributed by atoms with E-state index in [9.17, 15) is 0 Å². The molecular formula is C38H23NS. The van der Waals surface area contributed by atoms with Gasteiger partial charge in [0, 0.05) is 37.2 Å². The zero-order valence-electron chi connectivity index (χ0n) is 21.6. The smallest absolute Gasteiger partial charge is 0.0619 e. The van der Waals surface area contributed by atoms with Crippen molar-refractivity contribution < 1.29 is 0 Å². The van der Waals surface area contributed by atoms with Gasteiger partial charge in [-0.1, -0.05) is 109 Å². The molecule has 0 atom stereocenters. The van der Waals surface area contributed by atoms with Gasteiger partial charge in [-0.3, -0.25) is 0 Å². The van der Waals surface area contributed by atoms with Crippen molar-refractivity contribution in [1.82, 2.24) is 4.57 Å². The number of aromatic nitrogens is 1. The van der Waals surface area contributed by atoms with Gasteiger partial charge in [-0.15, -0.1) is 0 Å². The van der Waals surface area contributed by atoms with E-state index in [2.05, 4.69) is 144 Å². The second kappa shape index (κ2) is 8.35. The van der Waals surface area contributed by atoms with E-state index in [0.29, 0.717) is 0 Å². The van der Waals surface area contributed by atoms with Crippen LogP contribution in [0.4, 0.5) is 0 Å². The minimum Gasteiger partial charge on any atom is -0.309 e. The van der Waals surface area contributed by atoms with Crippen molar-refractivity contribution in [3.05, 3.63) is 140 Å². The van der Waals surface area contributed by atoms with Crippen molar-refractivity contribution in [3.63, 3.8) is 0 Å². The lowest BCUT2D eigenvalue weighted by Gasteiger charge is -2.21. The molecule has 0 spiro atoms. The van der Waals surface area contributed by atoms with E-state index in [1.54, 1.807) is 0 Å². The van der Waals surface area contributed by atoms with Crippen molar-refractivity contribution in [2.45, 2.75) is 9.79 Å². The van der Waals surface area contributed by atoms with Gasteiger partial charge < -0.3 is 4.57 Å². The van der Waals surface area contributed by atoms with Crippen LogP contribution in [-0.2, 0) is 0 Å². The topological polar surface area (TPSA) is 4.93 Å². The quantitative estimate of drug-likeness (QED) is 0.217. The van der Waals surface area contributed by atoms with Crippen LogP contribution < -0.4 is 0 Å². The number of nitrogens with zero attached hydrogens (tertiary/aromatic N) is 1. The normalized spacial score (nSPS) is 12.4. The maximum Gasteiger partial charge on any atom is 0.0619 e. The molecule has 0 aliphatic carbocycles. The molecule has 1 nitrogen and oxygen atoms in total. The van der Waals surface area contributed by atoms with Crippen molar-refractivity contribution in [2.75, 3.05) is 0 Å². The van der Waals surface area contributed by atoms with Crippen LogP contribution >= 0.6 is 11.8 Å². The van der Waals surface area contributed by atoms with E-state index in [1.165, 1.54) is 81.1 Å². The van der Waals surface area contributed by atoms with Gasteiger partial charge in [0.1, 0.15) is 0 Å². The van der Waals surface area contributed by atoms with Gasteiger partial charge in [0.25, 0.3) is 0 Å². The van der Waals surface area contributed by atoms with E-state index in [-0.39, 0.29) is 0 Å². The van der Waals surface area contributed by atoms with Gasteiger partial charge in [0.15, 0.2) is 0 Å². The van der Waals surface area contributed by atoms with E-state index in [4.69, 9.17) is 0 Å². The molecule has 0 saturated carbocycles. The summed E-state index contributed by atoms with van der Waals surface area (Å²) in [5, 5.41) is 7.76. The van der Waals surface area contributed by atoms with E-state index in [0.717, 1.165) is 0 Å². The number of hydrogen-bond acceptors (Lipinski definition) is 1. The molecule has 0 amide bonds. The largest absolute Gasteiger partial charge is 0.309 e. The SMILES string of the molecule is c1ccc(-n2c3cc4ccccc4cc3c3cccc(-c4ccc5c(c4)-c4cccc6cccc(c46)S5)c32)cc1. The van der Waals surface area contributed by atoms with Crippen molar-refractivity contribution in [1.29, 1.82) is 0 Å². The zero-order valence-corrected chi connectivity index (χ0v) is 22.5. The maximum atomic E-state index is 2.46. The summed E-state index contributed by atoms with van der Waals surface area (Å²) in [5.41, 5.74) is 8.80. The predicted octanol–water partition coefficient (Wildman–Crippen LogP) is 10.9. The first kappa shape index (κ1) is 22.1. The standard InChI is InChI=1S/C38H23NS/c1-2-13-28(14-3-1)39-34-23-26-10-5-4-9-25(26)21-32(34)31-17-8-15-29(38(31)39)27-19-20-35-33(22-27)30-16-6-11-24-12-7-18-36(40-35)37(24)30/h1-23H. The lowest BCUT2D eigenvalue weighted by molar-refractivity contribution is 1.18. The average Bonchev–Trinajstić information content (AvgIpc) is 3.34. The molecule has 0 saturated heterocycles. The van der Waals surface area contributed by atoms with Gasteiger partial charge in [-0.2, -0.15) is 0 Å². The van der Waals surface area contributed by atoms with Gasteiger partial charge in [0.2, 0.25) is 0 Å². The summed E-state index contributed by atoms with van der Waals surface area (Å²) >= 11 is 1.88. The maximum absolute atomic E-state index is 2.46. The summed E-state index contributed by atoms with van der Waals surface area (Å²) in [5.74, 6) is 0. The summed E-state index contributed by atoms with van der Waals surface area (Å²) in [6.45, 7) is 0. The fourth-order valence-electron chi connectivity index (χ4n) is 6.56. The Kier molecular flexibility index (Phi) is 4.61. The van der Waals surface area contributed by atoms with Gasteiger partial charge >= 0.3 is 0 Å². The lowest BCUT2D eigenvalue weighted by Crippen LogP contribution is -1.96. The first-order valence-corrected chi connectivity index (χ1v) is 14.5. The lowest BCUT2D eigenvalue weighted by atomic mass is 9.94. The Bertz CT molecular complexity index is 2290. The zero-order chi connectivity index (χ0) is 26.2. The Hall–Kier alpha value is -4.79. The highest BCUT2D eigenvalue weighted by molar-refractivity contribution is 7.99. The highest BCUT2D eigenvalue weighted by Gasteiger charge is 2.21. The molecule has 1 aliphatic heterocycles. The average molecular weight is 526 g/mol. The van der Waals surface area contributed by atoms with Gasteiger partial charge in [-0.25, -0.2) is 0 Å². The third kappa shape index (κ3) is 3.11. The number of benzene rings is 7. The van der Waals surface area contributed by atoms with Crippen LogP contribution in [0.25, 0.3) is 71.3 Å². The Morgan fingerprint density at radius 3 is 2.05 bits per heavy atom. The van der Waals surface area contributed by atoms with E-state index in [1.807, 2.05) is 11.8 Å². The van der Waals surface area contributed by atoms with Gasteiger partial charge in [0.05, 0.1) is 11.0 Å². The molecule has 7 aromatic carbocycles. The summed E-state index contributed by atoms with van der Waals surface area (Å²) in [7, 11) is 0. The van der Waals surface area contributed by atoms with Crippen LogP contribution in [0.1, 0.15) is 0 Å². The van der Waals surface area contributed by atoms with Crippen LogP contribution in [0.2, 0.25) is 0 Å². The number of para-hydroxylation sites is 2.